The van der Waals surface area contributed by atoms with Gasteiger partial charge in [-0.3, -0.25) is 4.99 Å². The fourth-order valence-corrected chi connectivity index (χ4v) is 1.73. The van der Waals surface area contributed by atoms with Gasteiger partial charge >= 0.3 is 0 Å². The Kier molecular flexibility index (Phi) is 3.08. The molecule has 1 aromatic rings. The van der Waals surface area contributed by atoms with Crippen LogP contribution in [0.25, 0.3) is 5.53 Å². The van der Waals surface area contributed by atoms with E-state index in [9.17, 15) is 0 Å². The lowest BCUT2D eigenvalue weighted by Crippen LogP contribution is -2.12. The van der Waals surface area contributed by atoms with Gasteiger partial charge in [-0.2, -0.15) is 4.79 Å². The smallest absolute Gasteiger partial charge is 0.295 e. The van der Waals surface area contributed by atoms with E-state index in [1.165, 1.54) is 0 Å². The van der Waals surface area contributed by atoms with Crippen molar-refractivity contribution < 1.29 is 4.79 Å². The first-order chi connectivity index (χ1) is 7.79. The molecule has 3 nitrogen and oxygen atoms in total. The van der Waals surface area contributed by atoms with Crippen molar-refractivity contribution in [2.24, 2.45) is 4.99 Å². The third-order valence-corrected chi connectivity index (χ3v) is 2.61. The first kappa shape index (κ1) is 10.5. The normalized spacial score (nSPS) is 18.2. The van der Waals surface area contributed by atoms with E-state index in [-0.39, 0.29) is 0 Å². The van der Waals surface area contributed by atoms with Crippen molar-refractivity contribution in [2.75, 3.05) is 0 Å². The third-order valence-electron chi connectivity index (χ3n) is 2.61. The molecule has 0 bridgehead atoms. The van der Waals surface area contributed by atoms with E-state index in [0.717, 1.165) is 35.5 Å². The van der Waals surface area contributed by atoms with Gasteiger partial charge in [0.15, 0.2) is 0 Å². The molecule has 1 aliphatic carbocycles. The summed E-state index contributed by atoms with van der Waals surface area (Å²) in [6.45, 7) is 1.94. The van der Waals surface area contributed by atoms with Gasteiger partial charge < -0.3 is 5.53 Å². The fraction of sp³-hybridized carbons (Fsp3) is 0.231. The Bertz CT molecular complexity index is 491. The number of para-hydroxylation sites is 1. The van der Waals surface area contributed by atoms with Crippen LogP contribution in [0.1, 0.15) is 19.8 Å². The molecule has 1 aliphatic rings. The van der Waals surface area contributed by atoms with Gasteiger partial charge in [0.1, 0.15) is 0 Å². The van der Waals surface area contributed by atoms with E-state index in [1.54, 1.807) is 0 Å². The maximum atomic E-state index is 8.74. The lowest BCUT2D eigenvalue weighted by atomic mass is 9.97. The molecule has 0 radical (unpaired) electrons. The molecule has 0 saturated carbocycles. The van der Waals surface area contributed by atoms with Crippen molar-refractivity contribution in [3.63, 3.8) is 0 Å². The lowest BCUT2D eigenvalue weighted by Gasteiger charge is -2.07. The Morgan fingerprint density at radius 2 is 1.94 bits per heavy atom. The van der Waals surface area contributed by atoms with Crippen LogP contribution in [0.3, 0.4) is 0 Å². The van der Waals surface area contributed by atoms with Crippen LogP contribution >= 0.6 is 0 Å². The van der Waals surface area contributed by atoms with Gasteiger partial charge in [-0.25, -0.2) is 0 Å². The molecule has 2 rings (SSSR count). The summed E-state index contributed by atoms with van der Waals surface area (Å²) in [5.74, 6) is 0. The van der Waals surface area contributed by atoms with Crippen LogP contribution in [0.5, 0.6) is 0 Å². The highest BCUT2D eigenvalue weighted by Gasteiger charge is 2.18. The van der Waals surface area contributed by atoms with Crippen LogP contribution in [-0.4, -0.2) is 16.2 Å². The van der Waals surface area contributed by atoms with E-state index in [2.05, 4.69) is 9.78 Å². The molecular formula is C13H13N3. The van der Waals surface area contributed by atoms with Crippen LogP contribution in [0.15, 0.2) is 47.0 Å². The molecule has 3 heteroatoms. The SMILES string of the molecule is CC1=CC(=Nc2ccccc2)CCC1=[N+]=[N-]. The minimum Gasteiger partial charge on any atom is -0.361 e. The Morgan fingerprint density at radius 1 is 1.19 bits per heavy atom. The quantitative estimate of drug-likeness (QED) is 0.506. The largest absolute Gasteiger partial charge is 0.361 e. The first-order valence-corrected chi connectivity index (χ1v) is 5.32. The molecule has 16 heavy (non-hydrogen) atoms. The van der Waals surface area contributed by atoms with E-state index in [4.69, 9.17) is 5.53 Å². The fourth-order valence-electron chi connectivity index (χ4n) is 1.73. The predicted molar refractivity (Wildman–Crippen MR) is 65.2 cm³/mol. The number of aliphatic imine (C=N–C) groups is 1. The van der Waals surface area contributed by atoms with E-state index in [0.29, 0.717) is 0 Å². The number of benzene rings is 1. The second-order valence-corrected chi connectivity index (χ2v) is 3.81. The molecule has 1 aromatic carbocycles. The Labute approximate surface area is 94.8 Å². The number of allylic oxidation sites excluding steroid dienone is 2. The molecule has 80 valence electrons. The lowest BCUT2D eigenvalue weighted by molar-refractivity contribution is -0.00728. The second-order valence-electron chi connectivity index (χ2n) is 3.81. The number of hydrogen-bond donors (Lipinski definition) is 0. The van der Waals surface area contributed by atoms with Crippen molar-refractivity contribution >= 4 is 17.1 Å². The van der Waals surface area contributed by atoms with Gasteiger partial charge in [-0.15, -0.1) is 0 Å². The van der Waals surface area contributed by atoms with Crippen molar-refractivity contribution in [1.29, 1.82) is 0 Å². The van der Waals surface area contributed by atoms with Crippen LogP contribution in [-0.2, 0) is 0 Å². The van der Waals surface area contributed by atoms with Gasteiger partial charge in [0.2, 0.25) is 0 Å². The molecule has 0 aromatic heterocycles. The van der Waals surface area contributed by atoms with Gasteiger partial charge in [0, 0.05) is 17.7 Å². The summed E-state index contributed by atoms with van der Waals surface area (Å²) in [6, 6.07) is 9.87. The Morgan fingerprint density at radius 3 is 2.56 bits per heavy atom. The Balaban J connectivity index is 2.29. The molecule has 0 N–H and O–H groups in total. The van der Waals surface area contributed by atoms with Crippen molar-refractivity contribution in [3.05, 3.63) is 47.5 Å². The molecule has 0 saturated heterocycles. The summed E-state index contributed by atoms with van der Waals surface area (Å²) >= 11 is 0. The Hall–Kier alpha value is -1.99. The summed E-state index contributed by atoms with van der Waals surface area (Å²) in [5, 5.41) is 0. The molecule has 0 aliphatic heterocycles. The van der Waals surface area contributed by atoms with Crippen molar-refractivity contribution in [3.8, 4) is 0 Å². The van der Waals surface area contributed by atoms with E-state index < -0.39 is 0 Å². The zero-order valence-corrected chi connectivity index (χ0v) is 9.22. The summed E-state index contributed by atoms with van der Waals surface area (Å²) < 4.78 is 0. The topological polar surface area (TPSA) is 48.8 Å². The van der Waals surface area contributed by atoms with Crippen molar-refractivity contribution in [2.45, 2.75) is 19.8 Å². The van der Waals surface area contributed by atoms with Gasteiger partial charge in [0.25, 0.3) is 5.71 Å². The molecule has 0 fully saturated rings. The first-order valence-electron chi connectivity index (χ1n) is 5.32. The molecule has 0 heterocycles. The van der Waals surface area contributed by atoms with Crippen LogP contribution < -0.4 is 0 Å². The minimum atomic E-state index is 0.754. The molecule has 0 amide bonds. The maximum absolute atomic E-state index is 8.74. The monoisotopic (exact) mass is 211 g/mol. The van der Waals surface area contributed by atoms with E-state index >= 15 is 0 Å². The molecule has 0 spiro atoms. The summed E-state index contributed by atoms with van der Waals surface area (Å²) in [5.41, 5.74) is 12.5. The van der Waals surface area contributed by atoms with Crippen LogP contribution in [0.4, 0.5) is 5.69 Å². The van der Waals surface area contributed by atoms with Crippen LogP contribution in [0.2, 0.25) is 0 Å². The van der Waals surface area contributed by atoms with E-state index in [1.807, 2.05) is 43.3 Å². The highest BCUT2D eigenvalue weighted by atomic mass is 14.9. The average molecular weight is 211 g/mol. The van der Waals surface area contributed by atoms with Gasteiger partial charge in [-0.1, -0.05) is 18.2 Å². The van der Waals surface area contributed by atoms with Crippen LogP contribution in [0, 0.1) is 0 Å². The second kappa shape index (κ2) is 4.69. The number of hydrogen-bond acceptors (Lipinski definition) is 1. The number of nitrogens with zero attached hydrogens (tertiary/aromatic N) is 3. The summed E-state index contributed by atoms with van der Waals surface area (Å²) in [6.07, 6.45) is 3.56. The number of rotatable bonds is 1. The molecule has 0 unspecified atom stereocenters. The zero-order chi connectivity index (χ0) is 11.4. The van der Waals surface area contributed by atoms with Gasteiger partial charge in [-0.05, 0) is 25.1 Å². The maximum Gasteiger partial charge on any atom is 0.295 e. The highest BCUT2D eigenvalue weighted by Crippen LogP contribution is 2.17. The third kappa shape index (κ3) is 2.33. The van der Waals surface area contributed by atoms with Gasteiger partial charge in [0.05, 0.1) is 12.1 Å². The summed E-state index contributed by atoms with van der Waals surface area (Å²) in [7, 11) is 0. The van der Waals surface area contributed by atoms with Crippen molar-refractivity contribution in [1.82, 2.24) is 0 Å². The molecule has 0 atom stereocenters. The minimum absolute atomic E-state index is 0.754. The predicted octanol–water partition coefficient (Wildman–Crippen LogP) is 3.17. The molecular weight excluding hydrogens is 198 g/mol. The summed E-state index contributed by atoms with van der Waals surface area (Å²) in [4.78, 5) is 7.80. The highest BCUT2D eigenvalue weighted by molar-refractivity contribution is 6.10. The zero-order valence-electron chi connectivity index (χ0n) is 9.22. The average Bonchev–Trinajstić information content (AvgIpc) is 2.31. The standard InChI is InChI=1S/C13H13N3/c1-10-9-12(7-8-13(10)16-14)15-11-5-3-2-4-6-11/h2-6,9H,7-8H2,1H3.